The molecular weight excluding hydrogens is 296 g/mol. The lowest BCUT2D eigenvalue weighted by atomic mass is 9.94. The van der Waals surface area contributed by atoms with Crippen LogP contribution in [0.1, 0.15) is 39.5 Å². The molecule has 4 nitrogen and oxygen atoms in total. The molecule has 0 saturated heterocycles. The molecule has 1 amide bonds. The van der Waals surface area contributed by atoms with Crippen LogP contribution in [0.4, 0.5) is 5.69 Å². The van der Waals surface area contributed by atoms with E-state index in [2.05, 4.69) is 10.6 Å². The zero-order valence-electron chi connectivity index (χ0n) is 13.4. The van der Waals surface area contributed by atoms with Crippen LogP contribution < -0.4 is 10.6 Å². The number of carbonyl (C=O) groups excluding carboxylic acids is 1. The quantitative estimate of drug-likeness (QED) is 0.846. The van der Waals surface area contributed by atoms with Crippen molar-refractivity contribution < 1.29 is 9.00 Å². The summed E-state index contributed by atoms with van der Waals surface area (Å²) < 4.78 is 12.2. The van der Waals surface area contributed by atoms with Crippen LogP contribution in [0.2, 0.25) is 0 Å². The number of benzene rings is 1. The highest BCUT2D eigenvalue weighted by Crippen LogP contribution is 2.23. The summed E-state index contributed by atoms with van der Waals surface area (Å²) >= 11 is 0. The molecule has 1 aromatic carbocycles. The topological polar surface area (TPSA) is 58.2 Å². The Bertz CT molecular complexity index is 507. The van der Waals surface area contributed by atoms with Crippen molar-refractivity contribution in [1.82, 2.24) is 5.32 Å². The fraction of sp³-hybridized carbons (Fsp3) is 0.588. The van der Waals surface area contributed by atoms with Crippen LogP contribution in [0.15, 0.2) is 30.3 Å². The molecule has 1 aliphatic rings. The number of amides is 1. The zero-order valence-corrected chi connectivity index (χ0v) is 14.2. The van der Waals surface area contributed by atoms with Gasteiger partial charge in [0.25, 0.3) is 0 Å². The van der Waals surface area contributed by atoms with Crippen LogP contribution in [0, 0.1) is 0 Å². The molecule has 0 heterocycles. The lowest BCUT2D eigenvalue weighted by Gasteiger charge is -2.33. The standard InChI is InChI=1S/C17H26N2O2S/c1-3-22(21)16-12-8-7-11-15(16)18-13(2)17(20)19-14-9-5-4-6-10-14/h4-6,9-10,13,15-16,18H,3,7-8,11-12H2,1-2H3,(H,19,20)/t13-,15-,16+,22+/m0/s1. The lowest BCUT2D eigenvalue weighted by molar-refractivity contribution is -0.118. The van der Waals surface area contributed by atoms with E-state index in [0.717, 1.165) is 31.4 Å². The van der Waals surface area contributed by atoms with Crippen molar-refractivity contribution in [2.24, 2.45) is 0 Å². The molecule has 2 N–H and O–H groups in total. The second kappa shape index (κ2) is 8.44. The van der Waals surface area contributed by atoms with E-state index < -0.39 is 10.8 Å². The molecule has 0 radical (unpaired) electrons. The predicted octanol–water partition coefficient (Wildman–Crippen LogP) is 2.68. The first-order chi connectivity index (χ1) is 10.6. The first-order valence-electron chi connectivity index (χ1n) is 8.11. The van der Waals surface area contributed by atoms with Crippen LogP contribution in [0.3, 0.4) is 0 Å². The van der Waals surface area contributed by atoms with Gasteiger partial charge in [0, 0.05) is 28.3 Å². The minimum atomic E-state index is -0.805. The van der Waals surface area contributed by atoms with Gasteiger partial charge in [-0.2, -0.15) is 0 Å². The van der Waals surface area contributed by atoms with E-state index in [0.29, 0.717) is 5.75 Å². The monoisotopic (exact) mass is 322 g/mol. The molecule has 22 heavy (non-hydrogen) atoms. The van der Waals surface area contributed by atoms with E-state index in [1.807, 2.05) is 44.2 Å². The first-order valence-corrected chi connectivity index (χ1v) is 9.49. The fourth-order valence-corrected chi connectivity index (χ4v) is 4.42. The van der Waals surface area contributed by atoms with Gasteiger partial charge in [0.1, 0.15) is 0 Å². The maximum atomic E-state index is 12.3. The van der Waals surface area contributed by atoms with Crippen LogP contribution in [0.5, 0.6) is 0 Å². The van der Waals surface area contributed by atoms with E-state index in [1.54, 1.807) is 0 Å². The zero-order chi connectivity index (χ0) is 15.9. The van der Waals surface area contributed by atoms with E-state index in [9.17, 15) is 9.00 Å². The molecule has 2 rings (SSSR count). The largest absolute Gasteiger partial charge is 0.325 e. The van der Waals surface area contributed by atoms with Crippen molar-refractivity contribution in [2.75, 3.05) is 11.1 Å². The maximum absolute atomic E-state index is 12.3. The molecule has 5 heteroatoms. The third-order valence-corrected chi connectivity index (χ3v) is 6.03. The van der Waals surface area contributed by atoms with Crippen molar-refractivity contribution in [1.29, 1.82) is 0 Å². The highest BCUT2D eigenvalue weighted by molar-refractivity contribution is 7.85. The number of carbonyl (C=O) groups is 1. The van der Waals surface area contributed by atoms with Crippen LogP contribution in [-0.2, 0) is 15.6 Å². The highest BCUT2D eigenvalue weighted by atomic mass is 32.2. The Morgan fingerprint density at radius 1 is 1.27 bits per heavy atom. The summed E-state index contributed by atoms with van der Waals surface area (Å²) in [5.41, 5.74) is 0.804. The van der Waals surface area contributed by atoms with Gasteiger partial charge in [-0.25, -0.2) is 0 Å². The second-order valence-corrected chi connectivity index (χ2v) is 7.79. The molecule has 122 valence electrons. The van der Waals surface area contributed by atoms with Gasteiger partial charge in [-0.3, -0.25) is 9.00 Å². The van der Waals surface area contributed by atoms with Gasteiger partial charge in [0.05, 0.1) is 11.3 Å². The number of rotatable bonds is 6. The van der Waals surface area contributed by atoms with E-state index >= 15 is 0 Å². The molecule has 1 fully saturated rings. The average Bonchev–Trinajstić information content (AvgIpc) is 2.55. The third-order valence-electron chi connectivity index (χ3n) is 4.22. The summed E-state index contributed by atoms with van der Waals surface area (Å²) in [6.07, 6.45) is 4.27. The summed E-state index contributed by atoms with van der Waals surface area (Å²) in [6.45, 7) is 3.84. The Morgan fingerprint density at radius 3 is 2.64 bits per heavy atom. The van der Waals surface area contributed by atoms with Crippen molar-refractivity contribution in [3.8, 4) is 0 Å². The first kappa shape index (κ1) is 17.2. The molecule has 0 unspecified atom stereocenters. The third kappa shape index (κ3) is 4.65. The normalized spacial score (nSPS) is 24.5. The Hall–Kier alpha value is -1.20. The highest BCUT2D eigenvalue weighted by Gasteiger charge is 2.31. The Balaban J connectivity index is 1.93. The number of hydrogen-bond donors (Lipinski definition) is 2. The van der Waals surface area contributed by atoms with E-state index in [4.69, 9.17) is 0 Å². The van der Waals surface area contributed by atoms with Gasteiger partial charge in [0.2, 0.25) is 5.91 Å². The Morgan fingerprint density at radius 2 is 1.95 bits per heavy atom. The Labute approximate surface area is 135 Å². The maximum Gasteiger partial charge on any atom is 0.241 e. The van der Waals surface area contributed by atoms with Gasteiger partial charge in [-0.1, -0.05) is 38.0 Å². The molecule has 1 aliphatic carbocycles. The van der Waals surface area contributed by atoms with Crippen molar-refractivity contribution in [3.05, 3.63) is 30.3 Å². The van der Waals surface area contributed by atoms with Crippen LogP contribution in [-0.4, -0.2) is 33.2 Å². The second-order valence-electron chi connectivity index (χ2n) is 5.84. The Kier molecular flexibility index (Phi) is 6.58. The minimum Gasteiger partial charge on any atom is -0.325 e. The smallest absolute Gasteiger partial charge is 0.241 e. The van der Waals surface area contributed by atoms with E-state index in [1.165, 1.54) is 0 Å². The molecular formula is C17H26N2O2S. The summed E-state index contributed by atoms with van der Waals surface area (Å²) in [5, 5.41) is 6.48. The van der Waals surface area contributed by atoms with Crippen molar-refractivity contribution in [2.45, 2.75) is 56.9 Å². The summed E-state index contributed by atoms with van der Waals surface area (Å²) in [7, 11) is -0.805. The number of para-hydroxylation sites is 1. The van der Waals surface area contributed by atoms with Gasteiger partial charge >= 0.3 is 0 Å². The number of nitrogens with one attached hydrogen (secondary N) is 2. The summed E-state index contributed by atoms with van der Waals surface area (Å²) in [5.74, 6) is 0.644. The SMILES string of the molecule is CC[S@@](=O)[C@@H]1CCCC[C@@H]1N[C@@H](C)C(=O)Nc1ccccc1. The predicted molar refractivity (Wildman–Crippen MR) is 92.4 cm³/mol. The van der Waals surface area contributed by atoms with Gasteiger partial charge in [0.15, 0.2) is 0 Å². The molecule has 0 spiro atoms. The lowest BCUT2D eigenvalue weighted by Crippen LogP contribution is -2.51. The number of anilines is 1. The van der Waals surface area contributed by atoms with E-state index in [-0.39, 0.29) is 23.2 Å². The molecule has 4 atom stereocenters. The van der Waals surface area contributed by atoms with Crippen LogP contribution in [0.25, 0.3) is 0 Å². The summed E-state index contributed by atoms with van der Waals surface area (Å²) in [6, 6.07) is 9.35. The molecule has 1 saturated carbocycles. The summed E-state index contributed by atoms with van der Waals surface area (Å²) in [4.78, 5) is 12.3. The van der Waals surface area contributed by atoms with Crippen molar-refractivity contribution >= 4 is 22.4 Å². The molecule has 1 aromatic rings. The van der Waals surface area contributed by atoms with Gasteiger partial charge in [-0.05, 0) is 31.9 Å². The van der Waals surface area contributed by atoms with Crippen LogP contribution >= 0.6 is 0 Å². The molecule has 0 aromatic heterocycles. The average molecular weight is 322 g/mol. The molecule has 0 aliphatic heterocycles. The van der Waals surface area contributed by atoms with Crippen molar-refractivity contribution in [3.63, 3.8) is 0 Å². The van der Waals surface area contributed by atoms with Gasteiger partial charge in [-0.15, -0.1) is 0 Å². The fourth-order valence-electron chi connectivity index (χ4n) is 2.99. The van der Waals surface area contributed by atoms with Gasteiger partial charge < -0.3 is 10.6 Å². The minimum absolute atomic E-state index is 0.0437. The number of hydrogen-bond acceptors (Lipinski definition) is 3. The molecule has 0 bridgehead atoms.